The number of nitrogens with zero attached hydrogens (tertiary/aromatic N) is 2. The third kappa shape index (κ3) is 6.46. The third-order valence-electron chi connectivity index (χ3n) is 6.09. The predicted molar refractivity (Wildman–Crippen MR) is 132 cm³/mol. The van der Waals surface area contributed by atoms with E-state index in [1.165, 1.54) is 18.3 Å². The normalized spacial score (nSPS) is 20.1. The molecule has 2 aliphatic rings. The first kappa shape index (κ1) is 26.2. The third-order valence-corrected chi connectivity index (χ3v) is 6.09. The number of ether oxygens (including phenoxy) is 4. The summed E-state index contributed by atoms with van der Waals surface area (Å²) >= 11 is 0. The van der Waals surface area contributed by atoms with Crippen LogP contribution in [0.25, 0.3) is 0 Å². The number of aliphatic hydroxyl groups excluding tert-OH is 1. The van der Waals surface area contributed by atoms with Crippen molar-refractivity contribution in [1.82, 2.24) is 10.3 Å². The number of amides is 1. The van der Waals surface area contributed by atoms with Gasteiger partial charge in [0.15, 0.2) is 17.3 Å². The molecule has 0 saturated heterocycles. The minimum absolute atomic E-state index is 0.0386. The molecule has 1 aromatic carbocycles. The van der Waals surface area contributed by atoms with Crippen LogP contribution in [0.15, 0.2) is 48.4 Å². The molecular weight excluding hydrogens is 484 g/mol. The highest BCUT2D eigenvalue weighted by Crippen LogP contribution is 2.42. The zero-order chi connectivity index (χ0) is 26.2. The topological polar surface area (TPSA) is 154 Å². The molecule has 12 heteroatoms. The van der Waals surface area contributed by atoms with Crippen LogP contribution in [0.5, 0.6) is 11.5 Å². The van der Waals surface area contributed by atoms with E-state index in [0.717, 1.165) is 5.56 Å². The first-order valence-corrected chi connectivity index (χ1v) is 12.1. The molecule has 0 spiro atoms. The number of benzene rings is 1. The Balaban J connectivity index is 1.45. The Bertz CT molecular complexity index is 1120. The van der Waals surface area contributed by atoms with Gasteiger partial charge in [0.1, 0.15) is 12.0 Å². The first-order valence-electron chi connectivity index (χ1n) is 12.1. The number of hydrogen-bond donors (Lipinski definition) is 3. The second kappa shape index (κ2) is 12.4. The monoisotopic (exact) mass is 514 g/mol. The van der Waals surface area contributed by atoms with Crippen molar-refractivity contribution in [2.45, 2.75) is 32.0 Å². The fraction of sp³-hybridized carbons (Fsp3) is 0.440. The summed E-state index contributed by atoms with van der Waals surface area (Å²) in [4.78, 5) is 27.2. The smallest absolute Gasteiger partial charge is 0.287 e. The van der Waals surface area contributed by atoms with Gasteiger partial charge < -0.3 is 34.7 Å². The molecule has 1 amide bonds. The number of hydrogen-bond acceptors (Lipinski definition) is 10. The van der Waals surface area contributed by atoms with Crippen LogP contribution in [0, 0.1) is 16.0 Å². The summed E-state index contributed by atoms with van der Waals surface area (Å²) in [5.41, 5.74) is 0.829. The number of pyridine rings is 1. The SMILES string of the molecule is CCOC1OC(C(=O)NCCNc2ccc([N+](=O)[O-])cn2)=CC(c2ccc3c(c2)OCO3)C1CCCO. The number of aliphatic hydroxyl groups is 1. The molecule has 198 valence electrons. The largest absolute Gasteiger partial charge is 0.459 e. The summed E-state index contributed by atoms with van der Waals surface area (Å²) in [7, 11) is 0. The number of nitro groups is 1. The van der Waals surface area contributed by atoms with Gasteiger partial charge in [-0.2, -0.15) is 0 Å². The zero-order valence-corrected chi connectivity index (χ0v) is 20.4. The molecule has 4 rings (SSSR count). The molecule has 0 saturated carbocycles. The molecule has 1 aromatic heterocycles. The molecule has 0 radical (unpaired) electrons. The summed E-state index contributed by atoms with van der Waals surface area (Å²) in [6.45, 7) is 3.07. The van der Waals surface area contributed by atoms with Gasteiger partial charge in [-0.1, -0.05) is 6.07 Å². The van der Waals surface area contributed by atoms with Crippen molar-refractivity contribution in [2.75, 3.05) is 38.4 Å². The van der Waals surface area contributed by atoms with Gasteiger partial charge in [-0.05, 0) is 49.6 Å². The lowest BCUT2D eigenvalue weighted by atomic mass is 9.80. The Morgan fingerprint density at radius 2 is 2.08 bits per heavy atom. The summed E-state index contributed by atoms with van der Waals surface area (Å²) in [6.07, 6.45) is 3.49. The number of anilines is 1. The van der Waals surface area contributed by atoms with Crippen molar-refractivity contribution in [2.24, 2.45) is 5.92 Å². The Morgan fingerprint density at radius 3 is 2.81 bits per heavy atom. The molecule has 12 nitrogen and oxygen atoms in total. The zero-order valence-electron chi connectivity index (χ0n) is 20.4. The van der Waals surface area contributed by atoms with Gasteiger partial charge in [0.2, 0.25) is 13.1 Å². The maximum absolute atomic E-state index is 13.0. The van der Waals surface area contributed by atoms with E-state index in [2.05, 4.69) is 15.6 Å². The molecule has 2 aromatic rings. The molecule has 0 fully saturated rings. The van der Waals surface area contributed by atoms with Gasteiger partial charge in [0.25, 0.3) is 11.6 Å². The van der Waals surface area contributed by atoms with E-state index in [1.807, 2.05) is 25.1 Å². The Morgan fingerprint density at radius 1 is 1.24 bits per heavy atom. The number of rotatable bonds is 12. The minimum atomic E-state index is -0.667. The second-order valence-corrected chi connectivity index (χ2v) is 8.48. The summed E-state index contributed by atoms with van der Waals surface area (Å²) in [6, 6.07) is 8.54. The first-order chi connectivity index (χ1) is 18.0. The van der Waals surface area contributed by atoms with E-state index in [9.17, 15) is 20.0 Å². The molecule has 3 unspecified atom stereocenters. The van der Waals surface area contributed by atoms with Crippen molar-refractivity contribution < 1.29 is 33.8 Å². The van der Waals surface area contributed by atoms with Crippen LogP contribution < -0.4 is 20.1 Å². The fourth-order valence-electron chi connectivity index (χ4n) is 4.32. The summed E-state index contributed by atoms with van der Waals surface area (Å²) in [5.74, 6) is 1.18. The van der Waals surface area contributed by atoms with Crippen LogP contribution in [0.2, 0.25) is 0 Å². The van der Waals surface area contributed by atoms with Crippen LogP contribution in [0.4, 0.5) is 11.5 Å². The van der Waals surface area contributed by atoms with Crippen LogP contribution >= 0.6 is 0 Å². The minimum Gasteiger partial charge on any atom is -0.459 e. The summed E-state index contributed by atoms with van der Waals surface area (Å²) < 4.78 is 22.8. The lowest BCUT2D eigenvalue weighted by molar-refractivity contribution is -0.385. The van der Waals surface area contributed by atoms with Gasteiger partial charge >= 0.3 is 0 Å². The molecular formula is C25H30N4O8. The van der Waals surface area contributed by atoms with Crippen LogP contribution in [-0.2, 0) is 14.3 Å². The van der Waals surface area contributed by atoms with Crippen molar-refractivity contribution in [3.63, 3.8) is 0 Å². The van der Waals surface area contributed by atoms with Crippen LogP contribution in [0.3, 0.4) is 0 Å². The Kier molecular flexibility index (Phi) is 8.75. The highest BCUT2D eigenvalue weighted by Gasteiger charge is 2.38. The maximum atomic E-state index is 13.0. The standard InChI is InChI=1S/C25H30N4O8/c1-2-34-25-18(4-3-11-30)19(16-5-7-20-21(12-16)36-15-35-20)13-22(37-25)24(31)27-10-9-26-23-8-6-17(14-28-23)29(32)33/h5-8,12-14,18-19,25,30H,2-4,9-11,15H2,1H3,(H,26,28)(H,27,31). The van der Waals surface area contributed by atoms with E-state index >= 15 is 0 Å². The number of allylic oxidation sites excluding steroid dienone is 1. The van der Waals surface area contributed by atoms with Crippen molar-refractivity contribution in [3.05, 3.63) is 64.0 Å². The molecule has 37 heavy (non-hydrogen) atoms. The number of carbonyl (C=O) groups excluding carboxylic acids is 1. The Labute approximate surface area is 213 Å². The predicted octanol–water partition coefficient (Wildman–Crippen LogP) is 2.70. The lowest BCUT2D eigenvalue weighted by Gasteiger charge is -2.37. The van der Waals surface area contributed by atoms with Crippen LogP contribution in [-0.4, -0.2) is 60.3 Å². The number of fused-ring (bicyclic) bond motifs is 1. The maximum Gasteiger partial charge on any atom is 0.287 e. The molecule has 2 aliphatic heterocycles. The molecule has 0 aliphatic carbocycles. The number of nitrogens with one attached hydrogen (secondary N) is 2. The van der Waals surface area contributed by atoms with Crippen molar-refractivity contribution >= 4 is 17.4 Å². The van der Waals surface area contributed by atoms with Gasteiger partial charge in [-0.3, -0.25) is 14.9 Å². The average molecular weight is 515 g/mol. The van der Waals surface area contributed by atoms with Gasteiger partial charge in [-0.25, -0.2) is 4.98 Å². The lowest BCUT2D eigenvalue weighted by Crippen LogP contribution is -2.39. The fourth-order valence-corrected chi connectivity index (χ4v) is 4.32. The average Bonchev–Trinajstić information content (AvgIpc) is 3.38. The van der Waals surface area contributed by atoms with Crippen molar-refractivity contribution in [3.8, 4) is 11.5 Å². The summed E-state index contributed by atoms with van der Waals surface area (Å²) in [5, 5.41) is 26.0. The van der Waals surface area contributed by atoms with Gasteiger partial charge in [-0.15, -0.1) is 0 Å². The number of carbonyl (C=O) groups is 1. The quantitative estimate of drug-likeness (QED) is 0.219. The highest BCUT2D eigenvalue weighted by molar-refractivity contribution is 5.91. The van der Waals surface area contributed by atoms with Gasteiger partial charge in [0.05, 0.1) is 4.92 Å². The van der Waals surface area contributed by atoms with Gasteiger partial charge in [0, 0.05) is 44.2 Å². The van der Waals surface area contributed by atoms with E-state index in [4.69, 9.17) is 18.9 Å². The second-order valence-electron chi connectivity index (χ2n) is 8.48. The Hall–Kier alpha value is -3.90. The van der Waals surface area contributed by atoms with E-state index in [1.54, 1.807) is 6.08 Å². The molecule has 3 heterocycles. The molecule has 0 bridgehead atoms. The highest BCUT2D eigenvalue weighted by atomic mass is 16.7. The van der Waals surface area contributed by atoms with E-state index in [-0.39, 0.29) is 43.2 Å². The molecule has 3 atom stereocenters. The van der Waals surface area contributed by atoms with E-state index < -0.39 is 17.1 Å². The van der Waals surface area contributed by atoms with Crippen LogP contribution in [0.1, 0.15) is 31.2 Å². The van der Waals surface area contributed by atoms with E-state index in [0.29, 0.717) is 43.3 Å². The number of aromatic nitrogens is 1. The molecule has 3 N–H and O–H groups in total. The van der Waals surface area contributed by atoms with Crippen molar-refractivity contribution in [1.29, 1.82) is 0 Å².